The molecule has 0 fully saturated rings. The topological polar surface area (TPSA) is 32.9 Å². The Morgan fingerprint density at radius 3 is 3.00 bits per heavy atom. The number of H-pyrrole nitrogens is 1. The molecule has 1 aliphatic carbocycles. The normalized spacial score (nSPS) is 20.9. The Bertz CT molecular complexity index is 378. The maximum Gasteiger partial charge on any atom is 0.248 e. The van der Waals surface area contributed by atoms with Gasteiger partial charge >= 0.3 is 0 Å². The summed E-state index contributed by atoms with van der Waals surface area (Å²) < 4.78 is 0. The van der Waals surface area contributed by atoms with E-state index < -0.39 is 0 Å². The van der Waals surface area contributed by atoms with Gasteiger partial charge < -0.3 is 4.98 Å². The Morgan fingerprint density at radius 2 is 2.29 bits per heavy atom. The van der Waals surface area contributed by atoms with Crippen LogP contribution in [0.25, 0.3) is 0 Å². The van der Waals surface area contributed by atoms with E-state index in [-0.39, 0.29) is 5.56 Å². The highest BCUT2D eigenvalue weighted by atomic mass is 16.1. The van der Waals surface area contributed by atoms with E-state index in [0.717, 1.165) is 6.42 Å². The molecule has 1 aromatic rings. The Morgan fingerprint density at radius 1 is 1.50 bits per heavy atom. The summed E-state index contributed by atoms with van der Waals surface area (Å²) in [5.74, 6) is 1.22. The van der Waals surface area contributed by atoms with E-state index in [1.807, 2.05) is 6.20 Å². The van der Waals surface area contributed by atoms with Crippen LogP contribution in [0.15, 0.2) is 17.1 Å². The first-order valence-corrected chi connectivity index (χ1v) is 5.40. The van der Waals surface area contributed by atoms with Gasteiger partial charge in [0.2, 0.25) is 5.56 Å². The number of rotatable bonds is 1. The molecule has 76 valence electrons. The lowest BCUT2D eigenvalue weighted by atomic mass is 9.78. The lowest BCUT2D eigenvalue weighted by molar-refractivity contribution is 0.432. The Kier molecular flexibility index (Phi) is 2.44. The highest BCUT2D eigenvalue weighted by Crippen LogP contribution is 2.35. The third-order valence-electron chi connectivity index (χ3n) is 3.21. The average Bonchev–Trinajstić information content (AvgIpc) is 2.16. The van der Waals surface area contributed by atoms with Crippen molar-refractivity contribution in [3.05, 3.63) is 33.7 Å². The van der Waals surface area contributed by atoms with Gasteiger partial charge in [0.05, 0.1) is 0 Å². The first-order valence-electron chi connectivity index (χ1n) is 5.40. The van der Waals surface area contributed by atoms with Gasteiger partial charge in [-0.3, -0.25) is 4.79 Å². The molecule has 0 saturated carbocycles. The smallest absolute Gasteiger partial charge is 0.248 e. The quantitative estimate of drug-likeness (QED) is 0.726. The number of aromatic amines is 1. The fraction of sp³-hybridized carbons (Fsp3) is 0.583. The van der Waals surface area contributed by atoms with Gasteiger partial charge in [0.15, 0.2) is 0 Å². The fourth-order valence-electron chi connectivity index (χ4n) is 2.44. The standard InChI is InChI=1S/C12H17NO/c1-8(2)10-5-3-4-9-7-13-12(14)6-11(9)10/h6-8,10H,3-5H2,1-2H3,(H,13,14). The molecule has 2 heteroatoms. The number of nitrogens with one attached hydrogen (secondary N) is 1. The molecule has 0 aliphatic heterocycles. The maximum absolute atomic E-state index is 11.3. The van der Waals surface area contributed by atoms with Crippen LogP contribution in [0.1, 0.15) is 43.7 Å². The summed E-state index contributed by atoms with van der Waals surface area (Å²) in [4.78, 5) is 14.0. The Labute approximate surface area is 84.4 Å². The van der Waals surface area contributed by atoms with Crippen LogP contribution in [0.4, 0.5) is 0 Å². The van der Waals surface area contributed by atoms with Crippen LogP contribution in [0, 0.1) is 5.92 Å². The van der Waals surface area contributed by atoms with Gasteiger partial charge in [0.1, 0.15) is 0 Å². The van der Waals surface area contributed by atoms with Crippen molar-refractivity contribution in [3.63, 3.8) is 0 Å². The van der Waals surface area contributed by atoms with Crippen molar-refractivity contribution in [3.8, 4) is 0 Å². The minimum absolute atomic E-state index is 0.0382. The largest absolute Gasteiger partial charge is 0.329 e. The van der Waals surface area contributed by atoms with Crippen molar-refractivity contribution in [2.45, 2.75) is 39.0 Å². The van der Waals surface area contributed by atoms with Crippen molar-refractivity contribution >= 4 is 0 Å². The third kappa shape index (κ3) is 1.61. The van der Waals surface area contributed by atoms with E-state index in [9.17, 15) is 4.79 Å². The number of fused-ring (bicyclic) bond motifs is 1. The molecule has 1 N–H and O–H groups in total. The van der Waals surface area contributed by atoms with E-state index in [1.54, 1.807) is 6.07 Å². The zero-order valence-corrected chi connectivity index (χ0v) is 8.84. The predicted octanol–water partition coefficient (Wildman–Crippen LogP) is 2.45. The van der Waals surface area contributed by atoms with Gasteiger partial charge in [-0.25, -0.2) is 0 Å². The first kappa shape index (κ1) is 9.50. The van der Waals surface area contributed by atoms with E-state index in [0.29, 0.717) is 11.8 Å². The highest BCUT2D eigenvalue weighted by Gasteiger charge is 2.22. The van der Waals surface area contributed by atoms with Gasteiger partial charge in [-0.2, -0.15) is 0 Å². The molecular weight excluding hydrogens is 174 g/mol. The van der Waals surface area contributed by atoms with E-state index >= 15 is 0 Å². The van der Waals surface area contributed by atoms with Crippen LogP contribution in [0.3, 0.4) is 0 Å². The summed E-state index contributed by atoms with van der Waals surface area (Å²) in [6.07, 6.45) is 5.50. The number of hydrogen-bond acceptors (Lipinski definition) is 1. The number of aromatic nitrogens is 1. The van der Waals surface area contributed by atoms with Crippen LogP contribution < -0.4 is 5.56 Å². The van der Waals surface area contributed by atoms with Crippen LogP contribution in [-0.4, -0.2) is 4.98 Å². The summed E-state index contributed by atoms with van der Waals surface area (Å²) in [5.41, 5.74) is 2.67. The first-order chi connectivity index (χ1) is 6.68. The summed E-state index contributed by atoms with van der Waals surface area (Å²) in [6, 6.07) is 1.79. The highest BCUT2D eigenvalue weighted by molar-refractivity contribution is 5.30. The van der Waals surface area contributed by atoms with Crippen molar-refractivity contribution in [1.29, 1.82) is 0 Å². The van der Waals surface area contributed by atoms with E-state index in [2.05, 4.69) is 18.8 Å². The van der Waals surface area contributed by atoms with Gasteiger partial charge in [0, 0.05) is 12.3 Å². The third-order valence-corrected chi connectivity index (χ3v) is 3.21. The molecule has 0 saturated heterocycles. The second-order valence-electron chi connectivity index (χ2n) is 4.52. The van der Waals surface area contributed by atoms with Gasteiger partial charge in [-0.1, -0.05) is 13.8 Å². The minimum atomic E-state index is 0.0382. The number of aryl methyl sites for hydroxylation is 1. The summed E-state index contributed by atoms with van der Waals surface area (Å²) >= 11 is 0. The van der Waals surface area contributed by atoms with Gasteiger partial charge in [-0.15, -0.1) is 0 Å². The molecule has 0 aromatic carbocycles. The van der Waals surface area contributed by atoms with Crippen molar-refractivity contribution in [1.82, 2.24) is 4.98 Å². The van der Waals surface area contributed by atoms with Gasteiger partial charge in [-0.05, 0) is 42.2 Å². The molecule has 1 heterocycles. The zero-order chi connectivity index (χ0) is 10.1. The van der Waals surface area contributed by atoms with Crippen molar-refractivity contribution < 1.29 is 0 Å². The van der Waals surface area contributed by atoms with Crippen LogP contribution >= 0.6 is 0 Å². The molecule has 0 bridgehead atoms. The van der Waals surface area contributed by atoms with Crippen molar-refractivity contribution in [2.24, 2.45) is 5.92 Å². The molecule has 0 spiro atoms. The Hall–Kier alpha value is -1.05. The maximum atomic E-state index is 11.3. The molecule has 1 aliphatic rings. The SMILES string of the molecule is CC(C)C1CCCc2c[nH]c(=O)cc21. The second kappa shape index (κ2) is 3.60. The second-order valence-corrected chi connectivity index (χ2v) is 4.52. The molecular formula is C12H17NO. The summed E-state index contributed by atoms with van der Waals surface area (Å²) in [6.45, 7) is 4.47. The number of pyridine rings is 1. The molecule has 0 amide bonds. The summed E-state index contributed by atoms with van der Waals surface area (Å²) in [7, 11) is 0. The van der Waals surface area contributed by atoms with Crippen LogP contribution in [0.5, 0.6) is 0 Å². The molecule has 2 rings (SSSR count). The predicted molar refractivity (Wildman–Crippen MR) is 57.6 cm³/mol. The van der Waals surface area contributed by atoms with E-state index in [4.69, 9.17) is 0 Å². The fourth-order valence-corrected chi connectivity index (χ4v) is 2.44. The average molecular weight is 191 g/mol. The van der Waals surface area contributed by atoms with E-state index in [1.165, 1.54) is 24.0 Å². The zero-order valence-electron chi connectivity index (χ0n) is 8.84. The molecule has 0 radical (unpaired) electrons. The van der Waals surface area contributed by atoms with Gasteiger partial charge in [0.25, 0.3) is 0 Å². The molecule has 14 heavy (non-hydrogen) atoms. The molecule has 1 unspecified atom stereocenters. The molecule has 2 nitrogen and oxygen atoms in total. The monoisotopic (exact) mass is 191 g/mol. The Balaban J connectivity index is 2.47. The summed E-state index contributed by atoms with van der Waals surface area (Å²) in [5, 5.41) is 0. The van der Waals surface area contributed by atoms with Crippen LogP contribution in [-0.2, 0) is 6.42 Å². The number of hydrogen-bond donors (Lipinski definition) is 1. The molecule has 1 atom stereocenters. The van der Waals surface area contributed by atoms with Crippen molar-refractivity contribution in [2.75, 3.05) is 0 Å². The molecule has 1 aromatic heterocycles. The van der Waals surface area contributed by atoms with Crippen LogP contribution in [0.2, 0.25) is 0 Å². The lowest BCUT2D eigenvalue weighted by Gasteiger charge is -2.27. The lowest BCUT2D eigenvalue weighted by Crippen LogP contribution is -2.18. The minimum Gasteiger partial charge on any atom is -0.329 e.